The summed E-state index contributed by atoms with van der Waals surface area (Å²) >= 11 is 1.93. The van der Waals surface area contributed by atoms with Gasteiger partial charge in [-0.1, -0.05) is 121 Å². The van der Waals surface area contributed by atoms with Gasteiger partial charge in [0.25, 0.3) is 0 Å². The van der Waals surface area contributed by atoms with E-state index in [9.17, 15) is 0 Å². The van der Waals surface area contributed by atoms with Gasteiger partial charge in [-0.15, -0.1) is 11.3 Å². The Bertz CT molecular complexity index is 1860. The molecule has 0 bridgehead atoms. The Balaban J connectivity index is 1.66. The highest BCUT2D eigenvalue weighted by molar-refractivity contribution is 7.22. The molecule has 1 heteroatoms. The summed E-state index contributed by atoms with van der Waals surface area (Å²) < 4.78 is 1.35. The molecule has 0 N–H and O–H groups in total. The number of hydrogen-bond acceptors (Lipinski definition) is 1. The second-order valence-corrected chi connectivity index (χ2v) is 10.7. The summed E-state index contributed by atoms with van der Waals surface area (Å²) in [6.45, 7) is 0. The molecule has 0 saturated heterocycles. The first-order chi connectivity index (χ1) is 17.9. The Morgan fingerprint density at radius 2 is 0.972 bits per heavy atom. The predicted molar refractivity (Wildman–Crippen MR) is 153 cm³/mol. The fourth-order valence-electron chi connectivity index (χ4n) is 6.54. The molecule has 5 aromatic carbocycles. The molecule has 1 heterocycles. The maximum absolute atomic E-state index is 2.43. The monoisotopic (exact) mass is 474 g/mol. The minimum absolute atomic E-state index is 0.337. The summed E-state index contributed by atoms with van der Waals surface area (Å²) in [4.78, 5) is 1.39. The zero-order valence-corrected chi connectivity index (χ0v) is 20.4. The van der Waals surface area contributed by atoms with E-state index in [1.807, 2.05) is 11.3 Å². The average molecular weight is 475 g/mol. The van der Waals surface area contributed by atoms with Crippen LogP contribution in [0.5, 0.6) is 0 Å². The fourth-order valence-corrected chi connectivity index (χ4v) is 7.83. The summed E-state index contributed by atoms with van der Waals surface area (Å²) in [6, 6.07) is 49.3. The van der Waals surface area contributed by atoms with Gasteiger partial charge < -0.3 is 0 Å². The van der Waals surface area contributed by atoms with Gasteiger partial charge in [-0.3, -0.25) is 0 Å². The highest BCUT2D eigenvalue weighted by Gasteiger charge is 2.52. The zero-order chi connectivity index (χ0) is 23.7. The Morgan fingerprint density at radius 3 is 1.72 bits per heavy atom. The van der Waals surface area contributed by atoms with Crippen LogP contribution in [0.4, 0.5) is 0 Å². The molecule has 6 aromatic rings. The molecule has 1 aromatic heterocycles. The van der Waals surface area contributed by atoms with Crippen molar-refractivity contribution in [3.05, 3.63) is 156 Å². The van der Waals surface area contributed by atoms with Gasteiger partial charge in [0.05, 0.1) is 5.41 Å². The summed E-state index contributed by atoms with van der Waals surface area (Å²) in [5.74, 6) is 0. The predicted octanol–water partition coefficient (Wildman–Crippen LogP) is 9.52. The molecule has 2 aliphatic carbocycles. The fraction of sp³-hybridized carbons (Fsp3) is 0.0286. The van der Waals surface area contributed by atoms with E-state index in [1.165, 1.54) is 64.7 Å². The van der Waals surface area contributed by atoms with Crippen molar-refractivity contribution in [1.29, 1.82) is 0 Å². The van der Waals surface area contributed by atoms with Crippen LogP contribution in [-0.2, 0) is 5.41 Å². The highest BCUT2D eigenvalue weighted by Crippen LogP contribution is 2.65. The Morgan fingerprint density at radius 1 is 0.444 bits per heavy atom. The van der Waals surface area contributed by atoms with Crippen molar-refractivity contribution in [2.24, 2.45) is 0 Å². The summed E-state index contributed by atoms with van der Waals surface area (Å²) in [5, 5.41) is 3.86. The molecule has 0 saturated carbocycles. The van der Waals surface area contributed by atoms with E-state index >= 15 is 0 Å². The molecular formula is C35H22S. The molecule has 0 nitrogen and oxygen atoms in total. The smallest absolute Gasteiger partial charge is 0.0740 e. The molecule has 0 aliphatic heterocycles. The van der Waals surface area contributed by atoms with Gasteiger partial charge in [0.1, 0.15) is 0 Å². The van der Waals surface area contributed by atoms with Crippen LogP contribution in [0.3, 0.4) is 0 Å². The van der Waals surface area contributed by atoms with Crippen LogP contribution in [0.1, 0.15) is 22.3 Å². The molecule has 36 heavy (non-hydrogen) atoms. The van der Waals surface area contributed by atoms with E-state index < -0.39 is 0 Å². The third-order valence-corrected chi connectivity index (χ3v) is 9.12. The second kappa shape index (κ2) is 7.40. The lowest BCUT2D eigenvalue weighted by molar-refractivity contribution is 0.803. The zero-order valence-electron chi connectivity index (χ0n) is 19.6. The molecule has 0 radical (unpaired) electrons. The first kappa shape index (κ1) is 20.0. The van der Waals surface area contributed by atoms with Gasteiger partial charge in [0, 0.05) is 9.58 Å². The molecule has 1 spiro atoms. The van der Waals surface area contributed by atoms with E-state index in [4.69, 9.17) is 0 Å². The Hall–Kier alpha value is -4.20. The number of rotatable bonds is 0. The lowest BCUT2D eigenvalue weighted by atomic mass is 9.70. The molecular weight excluding hydrogens is 452 g/mol. The molecule has 0 amide bonds. The van der Waals surface area contributed by atoms with Crippen molar-refractivity contribution in [3.63, 3.8) is 0 Å². The van der Waals surface area contributed by atoms with Crippen molar-refractivity contribution >= 4 is 32.2 Å². The van der Waals surface area contributed by atoms with Crippen LogP contribution in [0.15, 0.2) is 133 Å². The second-order valence-electron chi connectivity index (χ2n) is 9.65. The van der Waals surface area contributed by atoms with Crippen molar-refractivity contribution in [1.82, 2.24) is 0 Å². The van der Waals surface area contributed by atoms with Crippen LogP contribution in [-0.4, -0.2) is 0 Å². The largest absolute Gasteiger partial charge is 0.135 e. The lowest BCUT2D eigenvalue weighted by Gasteiger charge is -2.30. The number of hydrogen-bond donors (Lipinski definition) is 0. The van der Waals surface area contributed by atoms with Gasteiger partial charge in [0.2, 0.25) is 0 Å². The van der Waals surface area contributed by atoms with Crippen LogP contribution < -0.4 is 0 Å². The molecule has 0 atom stereocenters. The van der Waals surface area contributed by atoms with Gasteiger partial charge in [0.15, 0.2) is 0 Å². The number of thiophene rings is 1. The van der Waals surface area contributed by atoms with Crippen LogP contribution in [0.25, 0.3) is 42.4 Å². The summed E-state index contributed by atoms with van der Waals surface area (Å²) in [5.41, 5.74) is 9.28. The maximum atomic E-state index is 2.43. The maximum Gasteiger partial charge on any atom is 0.0740 e. The molecule has 0 unspecified atom stereocenters. The van der Waals surface area contributed by atoms with Crippen LogP contribution in [0, 0.1) is 0 Å². The quantitative estimate of drug-likeness (QED) is 0.205. The van der Waals surface area contributed by atoms with E-state index in [-0.39, 0.29) is 5.41 Å². The van der Waals surface area contributed by atoms with E-state index in [1.54, 1.807) is 0 Å². The van der Waals surface area contributed by atoms with E-state index in [2.05, 4.69) is 133 Å². The van der Waals surface area contributed by atoms with Crippen molar-refractivity contribution in [2.75, 3.05) is 0 Å². The van der Waals surface area contributed by atoms with Crippen LogP contribution in [0.2, 0.25) is 0 Å². The standard InChI is InChI=1S/C35H22S/c1-2-12-23-13-4-5-14-24(23)22-28-31(18-3-1)35(33-27-17-8-11-21-32(27)36-34(28)33)29-19-9-6-15-25(29)26-16-7-10-20-30(26)35/h1-22H. The molecule has 168 valence electrons. The molecule has 8 rings (SSSR count). The first-order valence-corrected chi connectivity index (χ1v) is 13.3. The Kier molecular flexibility index (Phi) is 4.12. The van der Waals surface area contributed by atoms with Gasteiger partial charge in [-0.25, -0.2) is 0 Å². The summed E-state index contributed by atoms with van der Waals surface area (Å²) in [7, 11) is 0. The number of fused-ring (bicyclic) bond motifs is 13. The molecule has 2 aliphatic rings. The van der Waals surface area contributed by atoms with Crippen molar-refractivity contribution in [3.8, 4) is 21.6 Å². The molecule has 0 fully saturated rings. The van der Waals surface area contributed by atoms with E-state index in [0.717, 1.165) is 0 Å². The third-order valence-electron chi connectivity index (χ3n) is 7.92. The van der Waals surface area contributed by atoms with Crippen molar-refractivity contribution < 1.29 is 0 Å². The van der Waals surface area contributed by atoms with Gasteiger partial charge in [-0.05, 0) is 67.2 Å². The van der Waals surface area contributed by atoms with Crippen LogP contribution >= 0.6 is 11.3 Å². The summed E-state index contributed by atoms with van der Waals surface area (Å²) in [6.07, 6.45) is 0. The van der Waals surface area contributed by atoms with Gasteiger partial charge >= 0.3 is 0 Å². The van der Waals surface area contributed by atoms with Gasteiger partial charge in [-0.2, -0.15) is 0 Å². The minimum Gasteiger partial charge on any atom is -0.135 e. The minimum atomic E-state index is -0.337. The van der Waals surface area contributed by atoms with Crippen molar-refractivity contribution in [2.45, 2.75) is 5.41 Å². The highest BCUT2D eigenvalue weighted by atomic mass is 32.1. The lowest BCUT2D eigenvalue weighted by Crippen LogP contribution is -2.25. The first-order valence-electron chi connectivity index (χ1n) is 12.5. The Labute approximate surface area is 214 Å². The third kappa shape index (κ3) is 2.48. The SMILES string of the molecule is c1ccc2c(cc3ccccc3cc1)-c1sc3ccccc3c1C21c2ccccc2-c2ccccc21. The average Bonchev–Trinajstić information content (AvgIpc) is 3.53. The van der Waals surface area contributed by atoms with E-state index in [0.29, 0.717) is 0 Å². The normalized spacial score (nSPS) is 13.8. The topological polar surface area (TPSA) is 0 Å². The number of benzene rings is 4.